The second kappa shape index (κ2) is 4.14. The molecule has 2 heterocycles. The molecule has 0 fully saturated rings. The topological polar surface area (TPSA) is 34.9 Å². The predicted octanol–water partition coefficient (Wildman–Crippen LogP) is 2.60. The first kappa shape index (κ1) is 10.4. The van der Waals surface area contributed by atoms with Crippen molar-refractivity contribution in [1.82, 2.24) is 9.55 Å². The fourth-order valence-electron chi connectivity index (χ4n) is 1.45. The lowest BCUT2D eigenvalue weighted by atomic mass is 10.3. The van der Waals surface area contributed by atoms with Crippen LogP contribution in [0.3, 0.4) is 0 Å². The lowest BCUT2D eigenvalue weighted by Gasteiger charge is -2.06. The van der Waals surface area contributed by atoms with E-state index in [4.69, 9.17) is 0 Å². The van der Waals surface area contributed by atoms with Crippen LogP contribution in [0.4, 0.5) is 0 Å². The number of aryl methyl sites for hydroxylation is 1. The zero-order chi connectivity index (χ0) is 10.8. The third-order valence-electron chi connectivity index (χ3n) is 2.15. The maximum atomic E-state index is 10.9. The molecule has 0 aliphatic rings. The van der Waals surface area contributed by atoms with Crippen LogP contribution in [-0.2, 0) is 0 Å². The van der Waals surface area contributed by atoms with Gasteiger partial charge in [-0.25, -0.2) is 4.98 Å². The summed E-state index contributed by atoms with van der Waals surface area (Å²) in [7, 11) is 0. The minimum Gasteiger partial charge on any atom is -0.297 e. The summed E-state index contributed by atoms with van der Waals surface area (Å²) in [6, 6.07) is 5.69. The van der Waals surface area contributed by atoms with E-state index in [9.17, 15) is 4.79 Å². The Hall–Kier alpha value is -1.17. The fraction of sp³-hybridized carbons (Fsp3) is 0.0909. The third kappa shape index (κ3) is 1.94. The number of pyridine rings is 1. The molecule has 0 unspecified atom stereocenters. The van der Waals surface area contributed by atoms with Crippen molar-refractivity contribution in [3.05, 3.63) is 45.4 Å². The van der Waals surface area contributed by atoms with Crippen molar-refractivity contribution in [3.8, 4) is 5.82 Å². The van der Waals surface area contributed by atoms with Crippen LogP contribution in [0.15, 0.2) is 30.6 Å². The summed E-state index contributed by atoms with van der Waals surface area (Å²) in [6.07, 6.45) is 4.47. The number of hydrogen-bond donors (Lipinski definition) is 0. The Kier molecular flexibility index (Phi) is 2.86. The second-order valence-corrected chi connectivity index (χ2v) is 4.46. The fourth-order valence-corrected chi connectivity index (χ4v) is 2.05. The lowest BCUT2D eigenvalue weighted by Crippen LogP contribution is -2.02. The van der Waals surface area contributed by atoms with Gasteiger partial charge >= 0.3 is 0 Å². The van der Waals surface area contributed by atoms with Crippen LogP contribution >= 0.6 is 22.6 Å². The number of nitrogens with zero attached hydrogens (tertiary/aromatic N) is 2. The molecular weight excluding hydrogens is 303 g/mol. The molecule has 3 nitrogen and oxygen atoms in total. The molecule has 2 rings (SSSR count). The minimum atomic E-state index is 0.626. The van der Waals surface area contributed by atoms with Gasteiger partial charge in [0.25, 0.3) is 0 Å². The summed E-state index contributed by atoms with van der Waals surface area (Å²) >= 11 is 2.18. The van der Waals surface area contributed by atoms with Gasteiger partial charge < -0.3 is 0 Å². The molecule has 15 heavy (non-hydrogen) atoms. The summed E-state index contributed by atoms with van der Waals surface area (Å²) in [5, 5.41) is 0. The molecule has 0 aliphatic carbocycles. The van der Waals surface area contributed by atoms with Crippen molar-refractivity contribution in [1.29, 1.82) is 0 Å². The SMILES string of the molecule is Cc1cccnc1-n1cc(I)cc1C=O. The van der Waals surface area contributed by atoms with Crippen molar-refractivity contribution in [2.24, 2.45) is 0 Å². The van der Waals surface area contributed by atoms with Crippen LogP contribution in [-0.4, -0.2) is 15.8 Å². The summed E-state index contributed by atoms with van der Waals surface area (Å²) in [5.41, 5.74) is 1.67. The van der Waals surface area contributed by atoms with Crippen LogP contribution < -0.4 is 0 Å². The van der Waals surface area contributed by atoms with Gasteiger partial charge in [0.2, 0.25) is 0 Å². The van der Waals surface area contributed by atoms with Gasteiger partial charge in [-0.1, -0.05) is 6.07 Å². The van der Waals surface area contributed by atoms with Crippen molar-refractivity contribution in [2.45, 2.75) is 6.92 Å². The molecule has 0 radical (unpaired) electrons. The standard InChI is InChI=1S/C11H9IN2O/c1-8-3-2-4-13-11(8)14-6-9(12)5-10(14)7-15/h2-7H,1H3. The summed E-state index contributed by atoms with van der Waals surface area (Å²) in [6.45, 7) is 1.98. The molecule has 0 atom stereocenters. The van der Waals surface area contributed by atoms with Crippen molar-refractivity contribution < 1.29 is 4.79 Å². The Balaban J connectivity index is 2.63. The number of halogens is 1. The smallest absolute Gasteiger partial charge is 0.166 e. The second-order valence-electron chi connectivity index (χ2n) is 3.21. The van der Waals surface area contributed by atoms with Gasteiger partial charge in [-0.15, -0.1) is 0 Å². The normalized spacial score (nSPS) is 10.3. The predicted molar refractivity (Wildman–Crippen MR) is 66.4 cm³/mol. The average molecular weight is 312 g/mol. The third-order valence-corrected chi connectivity index (χ3v) is 2.74. The molecule has 0 N–H and O–H groups in total. The highest BCUT2D eigenvalue weighted by Crippen LogP contribution is 2.16. The Labute approximate surface area is 101 Å². The van der Waals surface area contributed by atoms with Crippen LogP contribution in [0.2, 0.25) is 0 Å². The maximum absolute atomic E-state index is 10.9. The van der Waals surface area contributed by atoms with Crippen LogP contribution in [0, 0.1) is 10.5 Å². The van der Waals surface area contributed by atoms with E-state index in [0.717, 1.165) is 21.2 Å². The molecule has 0 aromatic carbocycles. The van der Waals surface area contributed by atoms with E-state index >= 15 is 0 Å². The average Bonchev–Trinajstić information content (AvgIpc) is 2.60. The first-order chi connectivity index (χ1) is 7.22. The molecule has 0 spiro atoms. The van der Waals surface area contributed by atoms with E-state index < -0.39 is 0 Å². The first-order valence-corrected chi connectivity index (χ1v) is 5.55. The zero-order valence-electron chi connectivity index (χ0n) is 8.14. The quantitative estimate of drug-likeness (QED) is 0.631. The maximum Gasteiger partial charge on any atom is 0.166 e. The van der Waals surface area contributed by atoms with Crippen molar-refractivity contribution >= 4 is 28.9 Å². The Morgan fingerprint density at radius 3 is 3.00 bits per heavy atom. The van der Waals surface area contributed by atoms with E-state index in [1.54, 1.807) is 6.20 Å². The van der Waals surface area contributed by atoms with Crippen molar-refractivity contribution in [3.63, 3.8) is 0 Å². The molecule has 0 saturated heterocycles. The van der Waals surface area contributed by atoms with Crippen LogP contribution in [0.1, 0.15) is 16.1 Å². The molecule has 2 aromatic heterocycles. The highest BCUT2D eigenvalue weighted by atomic mass is 127. The number of aromatic nitrogens is 2. The van der Waals surface area contributed by atoms with Gasteiger partial charge in [-0.05, 0) is 47.2 Å². The highest BCUT2D eigenvalue weighted by Gasteiger charge is 2.08. The number of hydrogen-bond acceptors (Lipinski definition) is 2. The summed E-state index contributed by atoms with van der Waals surface area (Å²) in [5.74, 6) is 0.808. The lowest BCUT2D eigenvalue weighted by molar-refractivity contribution is 0.111. The molecule has 0 amide bonds. The molecule has 2 aromatic rings. The van der Waals surface area contributed by atoms with E-state index in [-0.39, 0.29) is 0 Å². The van der Waals surface area contributed by atoms with Gasteiger partial charge in [0.15, 0.2) is 6.29 Å². The number of rotatable bonds is 2. The van der Waals surface area contributed by atoms with E-state index in [0.29, 0.717) is 5.69 Å². The van der Waals surface area contributed by atoms with Gasteiger partial charge in [0.1, 0.15) is 5.82 Å². The molecule has 4 heteroatoms. The Morgan fingerprint density at radius 1 is 1.53 bits per heavy atom. The van der Waals surface area contributed by atoms with E-state index in [1.165, 1.54) is 0 Å². The molecule has 0 bridgehead atoms. The van der Waals surface area contributed by atoms with E-state index in [1.807, 2.05) is 35.9 Å². The summed E-state index contributed by atoms with van der Waals surface area (Å²) < 4.78 is 2.84. The van der Waals surface area contributed by atoms with Crippen molar-refractivity contribution in [2.75, 3.05) is 0 Å². The number of carbonyl (C=O) groups is 1. The number of aldehydes is 1. The van der Waals surface area contributed by atoms with E-state index in [2.05, 4.69) is 27.6 Å². The highest BCUT2D eigenvalue weighted by molar-refractivity contribution is 14.1. The monoisotopic (exact) mass is 312 g/mol. The first-order valence-electron chi connectivity index (χ1n) is 4.47. The Morgan fingerprint density at radius 2 is 2.33 bits per heavy atom. The van der Waals surface area contributed by atoms with Crippen LogP contribution in [0.5, 0.6) is 0 Å². The zero-order valence-corrected chi connectivity index (χ0v) is 10.3. The van der Waals surface area contributed by atoms with Gasteiger partial charge in [0.05, 0.1) is 5.69 Å². The summed E-state index contributed by atoms with van der Waals surface area (Å²) in [4.78, 5) is 15.1. The number of carbonyl (C=O) groups excluding carboxylic acids is 1. The molecule has 0 aliphatic heterocycles. The largest absolute Gasteiger partial charge is 0.297 e. The molecule has 0 saturated carbocycles. The Bertz CT molecular complexity index is 505. The molecule has 76 valence electrons. The minimum absolute atomic E-state index is 0.626. The van der Waals surface area contributed by atoms with Gasteiger partial charge in [-0.2, -0.15) is 0 Å². The van der Waals surface area contributed by atoms with Gasteiger partial charge in [-0.3, -0.25) is 9.36 Å². The van der Waals surface area contributed by atoms with Crippen LogP contribution in [0.25, 0.3) is 5.82 Å². The molecular formula is C11H9IN2O. The van der Waals surface area contributed by atoms with Gasteiger partial charge in [0, 0.05) is 16.0 Å².